The third-order valence-electron chi connectivity index (χ3n) is 4.13. The van der Waals surface area contributed by atoms with E-state index in [2.05, 4.69) is 54.6 Å². The lowest BCUT2D eigenvalue weighted by atomic mass is 10.0. The monoisotopic (exact) mass is 349 g/mol. The predicted octanol–water partition coefficient (Wildman–Crippen LogP) is 6.70. The average molecular weight is 350 g/mol. The third kappa shape index (κ3) is 3.12. The van der Waals surface area contributed by atoms with E-state index in [1.165, 1.54) is 16.0 Å². The zero-order chi connectivity index (χ0) is 16.4. The standard InChI is InChI=1S/C21H16ClNS/c22-17-11-5-4-10-16(17)21-14-19(15-8-2-1-3-9-15)23-18-12-6-7-13-20(18)24-21/h1-13,21H,14H2. The summed E-state index contributed by atoms with van der Waals surface area (Å²) in [5, 5.41) is 1.07. The topological polar surface area (TPSA) is 12.4 Å². The van der Waals surface area contributed by atoms with Crippen molar-refractivity contribution in [2.45, 2.75) is 16.6 Å². The van der Waals surface area contributed by atoms with Crippen LogP contribution in [0.15, 0.2) is 88.8 Å². The van der Waals surface area contributed by atoms with Gasteiger partial charge in [0, 0.05) is 27.3 Å². The van der Waals surface area contributed by atoms with Crippen LogP contribution in [0.2, 0.25) is 5.02 Å². The Kier molecular flexibility index (Phi) is 4.42. The van der Waals surface area contributed by atoms with Gasteiger partial charge in [0.15, 0.2) is 0 Å². The van der Waals surface area contributed by atoms with Crippen molar-refractivity contribution >= 4 is 34.8 Å². The molecule has 4 rings (SSSR count). The number of hydrogen-bond acceptors (Lipinski definition) is 2. The van der Waals surface area contributed by atoms with E-state index < -0.39 is 0 Å². The lowest BCUT2D eigenvalue weighted by Gasteiger charge is -2.17. The van der Waals surface area contributed by atoms with E-state index in [0.29, 0.717) is 0 Å². The molecular formula is C21H16ClNS. The first kappa shape index (κ1) is 15.5. The molecule has 0 N–H and O–H groups in total. The summed E-state index contributed by atoms with van der Waals surface area (Å²) in [5.41, 5.74) is 4.49. The van der Waals surface area contributed by atoms with Gasteiger partial charge in [-0.15, -0.1) is 11.8 Å². The molecular weight excluding hydrogens is 334 g/mol. The molecule has 1 unspecified atom stereocenters. The molecule has 24 heavy (non-hydrogen) atoms. The fourth-order valence-corrected chi connectivity index (χ4v) is 4.54. The van der Waals surface area contributed by atoms with Crippen LogP contribution < -0.4 is 0 Å². The summed E-state index contributed by atoms with van der Waals surface area (Å²) >= 11 is 8.32. The first-order valence-electron chi connectivity index (χ1n) is 7.94. The van der Waals surface area contributed by atoms with E-state index in [-0.39, 0.29) is 5.25 Å². The smallest absolute Gasteiger partial charge is 0.0769 e. The largest absolute Gasteiger partial charge is 0.252 e. The molecule has 118 valence electrons. The fraction of sp³-hybridized carbons (Fsp3) is 0.0952. The Balaban J connectivity index is 1.83. The Labute approximate surface area is 151 Å². The normalized spacial score (nSPS) is 16.9. The van der Waals surface area contributed by atoms with Crippen LogP contribution in [0.5, 0.6) is 0 Å². The number of nitrogens with zero attached hydrogens (tertiary/aromatic N) is 1. The molecule has 1 atom stereocenters. The fourth-order valence-electron chi connectivity index (χ4n) is 2.93. The Morgan fingerprint density at radius 3 is 2.38 bits per heavy atom. The van der Waals surface area contributed by atoms with Crippen molar-refractivity contribution in [3.63, 3.8) is 0 Å². The first-order chi connectivity index (χ1) is 11.8. The highest BCUT2D eigenvalue weighted by Crippen LogP contribution is 2.46. The quantitative estimate of drug-likeness (QED) is 0.501. The number of thioether (sulfide) groups is 1. The summed E-state index contributed by atoms with van der Waals surface area (Å²) in [4.78, 5) is 6.17. The molecule has 0 amide bonds. The van der Waals surface area contributed by atoms with Gasteiger partial charge in [0.1, 0.15) is 0 Å². The van der Waals surface area contributed by atoms with Gasteiger partial charge >= 0.3 is 0 Å². The molecule has 1 nitrogen and oxygen atoms in total. The number of fused-ring (bicyclic) bond motifs is 1. The summed E-state index contributed by atoms with van der Waals surface area (Å²) in [5.74, 6) is 0. The minimum absolute atomic E-state index is 0.251. The molecule has 3 aromatic rings. The molecule has 3 heteroatoms. The van der Waals surface area contributed by atoms with Gasteiger partial charge < -0.3 is 0 Å². The minimum atomic E-state index is 0.251. The molecule has 0 aromatic heterocycles. The SMILES string of the molecule is Clc1ccccc1C1CC(c2ccccc2)=Nc2ccccc2S1. The Bertz CT molecular complexity index is 889. The van der Waals surface area contributed by atoms with Crippen LogP contribution in [0.25, 0.3) is 0 Å². The van der Waals surface area contributed by atoms with Gasteiger partial charge in [-0.3, -0.25) is 4.99 Å². The van der Waals surface area contributed by atoms with Gasteiger partial charge in [-0.1, -0.05) is 72.3 Å². The summed E-state index contributed by atoms with van der Waals surface area (Å²) in [6.07, 6.45) is 0.854. The highest BCUT2D eigenvalue weighted by Gasteiger charge is 2.23. The Hall–Kier alpha value is -2.03. The van der Waals surface area contributed by atoms with Crippen LogP contribution in [0.4, 0.5) is 5.69 Å². The third-order valence-corrected chi connectivity index (χ3v) is 5.78. The number of hydrogen-bond donors (Lipinski definition) is 0. The Morgan fingerprint density at radius 1 is 0.833 bits per heavy atom. The molecule has 0 aliphatic carbocycles. The zero-order valence-corrected chi connectivity index (χ0v) is 14.6. The van der Waals surface area contributed by atoms with E-state index in [1.54, 1.807) is 0 Å². The van der Waals surface area contributed by atoms with Crippen LogP contribution in [0, 0.1) is 0 Å². The summed E-state index contributed by atoms with van der Waals surface area (Å²) in [6, 6.07) is 26.9. The molecule has 0 saturated heterocycles. The van der Waals surface area contributed by atoms with Gasteiger partial charge in [-0.05, 0) is 29.3 Å². The zero-order valence-electron chi connectivity index (χ0n) is 13.0. The number of rotatable bonds is 2. The number of aliphatic imine (C=N–C) groups is 1. The molecule has 0 fully saturated rings. The Morgan fingerprint density at radius 2 is 1.54 bits per heavy atom. The summed E-state index contributed by atoms with van der Waals surface area (Å²) in [6.45, 7) is 0. The van der Waals surface area contributed by atoms with Crippen molar-refractivity contribution in [3.05, 3.63) is 95.0 Å². The molecule has 1 aliphatic rings. The first-order valence-corrected chi connectivity index (χ1v) is 9.20. The molecule has 0 radical (unpaired) electrons. The molecule has 0 bridgehead atoms. The second-order valence-electron chi connectivity index (χ2n) is 5.72. The summed E-state index contributed by atoms with van der Waals surface area (Å²) < 4.78 is 0. The molecule has 3 aromatic carbocycles. The maximum atomic E-state index is 6.48. The van der Waals surface area contributed by atoms with Crippen molar-refractivity contribution in [2.24, 2.45) is 4.99 Å². The van der Waals surface area contributed by atoms with E-state index in [0.717, 1.165) is 22.8 Å². The maximum absolute atomic E-state index is 6.48. The van der Waals surface area contributed by atoms with Crippen LogP contribution in [0.1, 0.15) is 22.8 Å². The highest BCUT2D eigenvalue weighted by atomic mass is 35.5. The van der Waals surface area contributed by atoms with Crippen LogP contribution in [-0.4, -0.2) is 5.71 Å². The van der Waals surface area contributed by atoms with Crippen molar-refractivity contribution in [3.8, 4) is 0 Å². The molecule has 0 spiro atoms. The highest BCUT2D eigenvalue weighted by molar-refractivity contribution is 7.99. The van der Waals surface area contributed by atoms with E-state index >= 15 is 0 Å². The lowest BCUT2D eigenvalue weighted by Crippen LogP contribution is -2.05. The van der Waals surface area contributed by atoms with Crippen molar-refractivity contribution in [1.82, 2.24) is 0 Å². The van der Waals surface area contributed by atoms with Crippen molar-refractivity contribution < 1.29 is 0 Å². The van der Waals surface area contributed by atoms with Crippen LogP contribution in [-0.2, 0) is 0 Å². The predicted molar refractivity (Wildman–Crippen MR) is 104 cm³/mol. The number of benzene rings is 3. The molecule has 1 heterocycles. The van der Waals surface area contributed by atoms with E-state index in [9.17, 15) is 0 Å². The second kappa shape index (κ2) is 6.84. The van der Waals surface area contributed by atoms with Crippen molar-refractivity contribution in [2.75, 3.05) is 0 Å². The minimum Gasteiger partial charge on any atom is -0.252 e. The summed E-state index contributed by atoms with van der Waals surface area (Å²) in [7, 11) is 0. The van der Waals surface area contributed by atoms with Gasteiger partial charge in [-0.25, -0.2) is 0 Å². The molecule has 1 aliphatic heterocycles. The van der Waals surface area contributed by atoms with E-state index in [1.807, 2.05) is 36.0 Å². The van der Waals surface area contributed by atoms with Gasteiger partial charge in [0.25, 0.3) is 0 Å². The average Bonchev–Trinajstić information content (AvgIpc) is 2.82. The lowest BCUT2D eigenvalue weighted by molar-refractivity contribution is 1.01. The number of para-hydroxylation sites is 1. The number of halogens is 1. The van der Waals surface area contributed by atoms with Gasteiger partial charge in [0.2, 0.25) is 0 Å². The second-order valence-corrected chi connectivity index (χ2v) is 7.38. The van der Waals surface area contributed by atoms with Crippen LogP contribution >= 0.6 is 23.4 Å². The maximum Gasteiger partial charge on any atom is 0.0769 e. The molecule has 0 saturated carbocycles. The van der Waals surface area contributed by atoms with Crippen molar-refractivity contribution in [1.29, 1.82) is 0 Å². The van der Waals surface area contributed by atoms with Gasteiger partial charge in [0.05, 0.1) is 5.69 Å². The van der Waals surface area contributed by atoms with Crippen LogP contribution in [0.3, 0.4) is 0 Å². The van der Waals surface area contributed by atoms with E-state index in [4.69, 9.17) is 16.6 Å². The van der Waals surface area contributed by atoms with Gasteiger partial charge in [-0.2, -0.15) is 0 Å².